The molecule has 0 saturated heterocycles. The largest absolute Gasteiger partial charge is 0.497 e. The van der Waals surface area contributed by atoms with Crippen molar-refractivity contribution in [2.45, 2.75) is 31.9 Å². The summed E-state index contributed by atoms with van der Waals surface area (Å²) in [7, 11) is 1.65. The number of ether oxygens (including phenoxy) is 4. The van der Waals surface area contributed by atoms with Crippen LogP contribution in [0.2, 0.25) is 0 Å². The Morgan fingerprint density at radius 2 is 2.13 bits per heavy atom. The van der Waals surface area contributed by atoms with Gasteiger partial charge in [0.25, 0.3) is 0 Å². The number of aryl methyl sites for hydroxylation is 1. The molecule has 2 aliphatic heterocycles. The van der Waals surface area contributed by atoms with Crippen molar-refractivity contribution in [1.82, 2.24) is 9.55 Å². The smallest absolute Gasteiger partial charge is 0.351 e. The molecule has 7 nitrogen and oxygen atoms in total. The first-order valence-corrected chi connectivity index (χ1v) is 10.2. The number of allylic oxidation sites excluding steroid dienone is 3. The fraction of sp³-hybridized carbons (Fsp3) is 0.250. The molecule has 0 bridgehead atoms. The molecule has 1 unspecified atom stereocenters. The van der Waals surface area contributed by atoms with Gasteiger partial charge in [0.1, 0.15) is 24.5 Å². The van der Waals surface area contributed by atoms with Crippen LogP contribution in [0.25, 0.3) is 11.3 Å². The van der Waals surface area contributed by atoms with Crippen molar-refractivity contribution in [2.75, 3.05) is 7.11 Å². The summed E-state index contributed by atoms with van der Waals surface area (Å²) in [6.45, 7) is 0.563. The molecule has 0 saturated carbocycles. The van der Waals surface area contributed by atoms with Gasteiger partial charge in [-0.2, -0.15) is 4.98 Å². The highest BCUT2D eigenvalue weighted by atomic mass is 16.6. The van der Waals surface area contributed by atoms with Gasteiger partial charge < -0.3 is 18.9 Å². The van der Waals surface area contributed by atoms with E-state index in [1.54, 1.807) is 11.7 Å². The highest BCUT2D eigenvalue weighted by molar-refractivity contribution is 5.67. The van der Waals surface area contributed by atoms with Crippen LogP contribution in [0.15, 0.2) is 77.4 Å². The monoisotopic (exact) mass is 418 g/mol. The maximum atomic E-state index is 12.8. The van der Waals surface area contributed by atoms with E-state index in [1.807, 2.05) is 36.4 Å². The van der Waals surface area contributed by atoms with Gasteiger partial charge in [-0.05, 0) is 48.6 Å². The summed E-state index contributed by atoms with van der Waals surface area (Å²) in [6, 6.07) is 7.70. The molecule has 158 valence electrons. The van der Waals surface area contributed by atoms with Gasteiger partial charge in [-0.15, -0.1) is 0 Å². The quantitative estimate of drug-likeness (QED) is 0.734. The van der Waals surface area contributed by atoms with Crippen molar-refractivity contribution >= 4 is 0 Å². The molecule has 31 heavy (non-hydrogen) atoms. The van der Waals surface area contributed by atoms with Gasteiger partial charge in [0.05, 0.1) is 12.8 Å². The first-order chi connectivity index (χ1) is 15.2. The molecule has 0 amide bonds. The lowest BCUT2D eigenvalue weighted by molar-refractivity contribution is 0.154. The zero-order chi connectivity index (χ0) is 21.2. The van der Waals surface area contributed by atoms with E-state index >= 15 is 0 Å². The molecule has 0 spiro atoms. The lowest BCUT2D eigenvalue weighted by Gasteiger charge is -2.26. The molecular formula is C24H22N2O5. The Morgan fingerprint density at radius 3 is 2.90 bits per heavy atom. The van der Waals surface area contributed by atoms with E-state index in [9.17, 15) is 4.79 Å². The van der Waals surface area contributed by atoms with Crippen molar-refractivity contribution < 1.29 is 18.9 Å². The van der Waals surface area contributed by atoms with E-state index in [-0.39, 0.29) is 11.6 Å². The van der Waals surface area contributed by atoms with Crippen LogP contribution >= 0.6 is 0 Å². The van der Waals surface area contributed by atoms with E-state index in [1.165, 1.54) is 18.8 Å². The first kappa shape index (κ1) is 19.2. The van der Waals surface area contributed by atoms with Crippen LogP contribution in [0.4, 0.5) is 0 Å². The minimum absolute atomic E-state index is 0.249. The second-order valence-electron chi connectivity index (χ2n) is 7.44. The predicted molar refractivity (Wildman–Crippen MR) is 114 cm³/mol. The molecule has 0 radical (unpaired) electrons. The number of benzene rings is 1. The molecule has 1 aromatic carbocycles. The summed E-state index contributed by atoms with van der Waals surface area (Å²) < 4.78 is 24.2. The third kappa shape index (κ3) is 3.74. The number of rotatable bonds is 5. The Hall–Kier alpha value is -3.74. The Morgan fingerprint density at radius 1 is 1.19 bits per heavy atom. The van der Waals surface area contributed by atoms with E-state index in [2.05, 4.69) is 11.1 Å². The number of fused-ring (bicyclic) bond motifs is 3. The fourth-order valence-corrected chi connectivity index (χ4v) is 4.04. The first-order valence-electron chi connectivity index (χ1n) is 10.2. The average Bonchev–Trinajstić information content (AvgIpc) is 2.83. The molecule has 1 aromatic heterocycles. The zero-order valence-corrected chi connectivity index (χ0v) is 17.1. The van der Waals surface area contributed by atoms with Gasteiger partial charge in [-0.3, -0.25) is 4.57 Å². The van der Waals surface area contributed by atoms with Gasteiger partial charge in [0, 0.05) is 18.2 Å². The van der Waals surface area contributed by atoms with Gasteiger partial charge in [-0.1, -0.05) is 18.2 Å². The molecule has 0 fully saturated rings. The fourth-order valence-electron chi connectivity index (χ4n) is 4.04. The van der Waals surface area contributed by atoms with E-state index < -0.39 is 6.10 Å². The number of hydrogen-bond acceptors (Lipinski definition) is 6. The van der Waals surface area contributed by atoms with E-state index in [4.69, 9.17) is 18.9 Å². The van der Waals surface area contributed by atoms with Crippen molar-refractivity contribution in [2.24, 2.45) is 0 Å². The molecule has 1 aliphatic carbocycles. The molecule has 2 aromatic rings. The van der Waals surface area contributed by atoms with Crippen LogP contribution in [0.3, 0.4) is 0 Å². The second kappa shape index (κ2) is 8.18. The normalized spacial score (nSPS) is 17.3. The summed E-state index contributed by atoms with van der Waals surface area (Å²) in [6.07, 6.45) is 12.4. The van der Waals surface area contributed by atoms with Crippen LogP contribution in [0.5, 0.6) is 11.6 Å². The maximum absolute atomic E-state index is 12.8. The van der Waals surface area contributed by atoms with Gasteiger partial charge in [0.2, 0.25) is 5.88 Å². The van der Waals surface area contributed by atoms with Gasteiger partial charge in [0.15, 0.2) is 11.9 Å². The lowest BCUT2D eigenvalue weighted by atomic mass is 9.97. The minimum Gasteiger partial charge on any atom is -0.497 e. The van der Waals surface area contributed by atoms with Gasteiger partial charge >= 0.3 is 5.69 Å². The molecular weight excluding hydrogens is 396 g/mol. The Labute approximate surface area is 179 Å². The second-order valence-corrected chi connectivity index (χ2v) is 7.44. The third-order valence-corrected chi connectivity index (χ3v) is 5.58. The molecule has 1 atom stereocenters. The Balaban J connectivity index is 1.53. The minimum atomic E-state index is -0.538. The summed E-state index contributed by atoms with van der Waals surface area (Å²) >= 11 is 0. The third-order valence-electron chi connectivity index (χ3n) is 5.58. The SMILES string of the molecule is COc1ccc2c(c1)CCn1c-2cc(OC(C2=CC=CCC2)C2=COC=CO2)nc1=O. The van der Waals surface area contributed by atoms with Crippen molar-refractivity contribution in [3.05, 3.63) is 88.7 Å². The van der Waals surface area contributed by atoms with Gasteiger partial charge in [-0.25, -0.2) is 4.79 Å². The lowest BCUT2D eigenvalue weighted by Crippen LogP contribution is -2.31. The topological polar surface area (TPSA) is 71.8 Å². The van der Waals surface area contributed by atoms with Crippen LogP contribution in [0.1, 0.15) is 18.4 Å². The average molecular weight is 418 g/mol. The Bertz CT molecular complexity index is 1190. The highest BCUT2D eigenvalue weighted by Gasteiger charge is 2.27. The van der Waals surface area contributed by atoms with Crippen LogP contribution in [-0.2, 0) is 22.4 Å². The van der Waals surface area contributed by atoms with Crippen LogP contribution < -0.4 is 15.2 Å². The summed E-state index contributed by atoms with van der Waals surface area (Å²) in [4.78, 5) is 17.0. The Kier molecular flexibility index (Phi) is 5.08. The standard InChI is InChI=1S/C24H22N2O5/c1-28-18-7-8-19-17(13-18)9-10-26-20(19)14-22(25-24(26)27)31-23(16-5-3-2-4-6-16)21-15-29-11-12-30-21/h2-3,5,7-8,11-15,23H,4,6,9-10H2,1H3. The van der Waals surface area contributed by atoms with Crippen LogP contribution in [-0.4, -0.2) is 22.8 Å². The van der Waals surface area contributed by atoms with Crippen LogP contribution in [0, 0.1) is 0 Å². The summed E-state index contributed by atoms with van der Waals surface area (Å²) in [5.74, 6) is 1.56. The number of methoxy groups -OCH3 is 1. The number of aromatic nitrogens is 2. The summed E-state index contributed by atoms with van der Waals surface area (Å²) in [5.41, 5.74) is 3.58. The summed E-state index contributed by atoms with van der Waals surface area (Å²) in [5, 5.41) is 0. The zero-order valence-electron chi connectivity index (χ0n) is 17.1. The maximum Gasteiger partial charge on any atom is 0.351 e. The van der Waals surface area contributed by atoms with E-state index in [0.717, 1.165) is 47.4 Å². The number of hydrogen-bond donors (Lipinski definition) is 0. The van der Waals surface area contributed by atoms with Crippen molar-refractivity contribution in [3.8, 4) is 22.9 Å². The molecule has 3 aliphatic rings. The number of nitrogens with zero attached hydrogens (tertiary/aromatic N) is 2. The van der Waals surface area contributed by atoms with Crippen molar-refractivity contribution in [1.29, 1.82) is 0 Å². The van der Waals surface area contributed by atoms with E-state index in [0.29, 0.717) is 12.3 Å². The molecule has 0 N–H and O–H groups in total. The molecule has 7 heteroatoms. The van der Waals surface area contributed by atoms with Crippen molar-refractivity contribution in [3.63, 3.8) is 0 Å². The predicted octanol–water partition coefficient (Wildman–Crippen LogP) is 3.86. The molecule has 5 rings (SSSR count). The molecule has 3 heterocycles. The highest BCUT2D eigenvalue weighted by Crippen LogP contribution is 2.33.